The van der Waals surface area contributed by atoms with E-state index in [4.69, 9.17) is 17.0 Å². The third-order valence-electron chi connectivity index (χ3n) is 4.84. The number of nitro groups is 1. The van der Waals surface area contributed by atoms with E-state index in [1.165, 1.54) is 18.3 Å². The summed E-state index contributed by atoms with van der Waals surface area (Å²) in [5.41, 5.74) is 1.76. The molecule has 8 heteroatoms. The zero-order valence-electron chi connectivity index (χ0n) is 16.4. The molecule has 0 heterocycles. The fraction of sp³-hybridized carbons (Fsp3) is 0.136. The summed E-state index contributed by atoms with van der Waals surface area (Å²) in [6.07, 6.45) is 1.43. The van der Waals surface area contributed by atoms with Crippen LogP contribution >= 0.6 is 17.0 Å². The number of aliphatic imine (C=N–C) groups is 1. The Kier molecular flexibility index (Phi) is 9.22. The SMILES string of the molecule is CN=Cc1cc([N+](=O)[O-])cc(C(C)(c2ccccc2)c2ccccc2)c1O.[Cl][Zr][Cl]. The van der Waals surface area contributed by atoms with E-state index in [0.717, 1.165) is 11.1 Å². The van der Waals surface area contributed by atoms with Crippen molar-refractivity contribution in [2.45, 2.75) is 12.3 Å². The summed E-state index contributed by atoms with van der Waals surface area (Å²) in [6, 6.07) is 22.1. The topological polar surface area (TPSA) is 75.7 Å². The van der Waals surface area contributed by atoms with Crippen molar-refractivity contribution in [1.29, 1.82) is 0 Å². The summed E-state index contributed by atoms with van der Waals surface area (Å²) in [4.78, 5) is 15.0. The summed E-state index contributed by atoms with van der Waals surface area (Å²) in [5.74, 6) is -0.0126. The molecule has 0 aliphatic rings. The molecule has 3 aromatic carbocycles. The van der Waals surface area contributed by atoms with Gasteiger partial charge in [0.2, 0.25) is 0 Å². The normalized spacial score (nSPS) is 10.9. The first-order valence-corrected chi connectivity index (χ1v) is 15.2. The van der Waals surface area contributed by atoms with Crippen molar-refractivity contribution in [2.75, 3.05) is 7.05 Å². The fourth-order valence-electron chi connectivity index (χ4n) is 3.39. The number of aromatic hydroxyl groups is 1. The number of nitro benzene ring substituents is 1. The van der Waals surface area contributed by atoms with Gasteiger partial charge in [0.15, 0.2) is 0 Å². The van der Waals surface area contributed by atoms with E-state index >= 15 is 0 Å². The van der Waals surface area contributed by atoms with Gasteiger partial charge in [0, 0.05) is 41.9 Å². The second-order valence-electron chi connectivity index (χ2n) is 6.50. The Labute approximate surface area is 194 Å². The first-order valence-electron chi connectivity index (χ1n) is 8.91. The monoisotopic (exact) mass is 520 g/mol. The van der Waals surface area contributed by atoms with E-state index in [9.17, 15) is 15.2 Å². The van der Waals surface area contributed by atoms with Crippen molar-refractivity contribution in [1.82, 2.24) is 0 Å². The molecule has 0 spiro atoms. The Morgan fingerprint density at radius 2 is 1.50 bits per heavy atom. The summed E-state index contributed by atoms with van der Waals surface area (Å²) in [7, 11) is 11.4. The van der Waals surface area contributed by atoms with Gasteiger partial charge in [-0.15, -0.1) is 0 Å². The van der Waals surface area contributed by atoms with E-state index < -0.39 is 31.2 Å². The van der Waals surface area contributed by atoms with Crippen molar-refractivity contribution in [3.63, 3.8) is 0 Å². The molecule has 0 bridgehead atoms. The van der Waals surface area contributed by atoms with Gasteiger partial charge in [0.05, 0.1) is 4.92 Å². The number of phenols is 1. The molecule has 30 heavy (non-hydrogen) atoms. The summed E-state index contributed by atoms with van der Waals surface area (Å²) < 4.78 is 0. The first kappa shape index (κ1) is 24.3. The van der Waals surface area contributed by atoms with Crippen LogP contribution in [-0.4, -0.2) is 23.3 Å². The van der Waals surface area contributed by atoms with E-state index in [-0.39, 0.29) is 11.4 Å². The predicted molar refractivity (Wildman–Crippen MR) is 118 cm³/mol. The van der Waals surface area contributed by atoms with Crippen molar-refractivity contribution >= 4 is 28.9 Å². The molecule has 0 aromatic heterocycles. The average Bonchev–Trinajstić information content (AvgIpc) is 2.76. The zero-order valence-corrected chi connectivity index (χ0v) is 20.4. The number of halogens is 2. The van der Waals surface area contributed by atoms with Crippen molar-refractivity contribution in [2.24, 2.45) is 4.99 Å². The maximum absolute atomic E-state index is 11.5. The number of nitrogens with zero attached hydrogens (tertiary/aromatic N) is 2. The Balaban J connectivity index is 0.00000101. The van der Waals surface area contributed by atoms with Crippen LogP contribution in [0.15, 0.2) is 77.8 Å². The molecule has 0 saturated heterocycles. The van der Waals surface area contributed by atoms with Crippen LogP contribution in [0.25, 0.3) is 0 Å². The van der Waals surface area contributed by atoms with Crippen LogP contribution in [-0.2, 0) is 26.3 Å². The Hall–Kier alpha value is -2.01. The van der Waals surface area contributed by atoms with Gasteiger partial charge in [0.25, 0.3) is 5.69 Å². The van der Waals surface area contributed by atoms with E-state index in [2.05, 4.69) is 4.99 Å². The molecule has 3 aromatic rings. The molecule has 154 valence electrons. The van der Waals surface area contributed by atoms with E-state index in [1.807, 2.05) is 67.6 Å². The van der Waals surface area contributed by atoms with Crippen LogP contribution in [0.1, 0.15) is 29.2 Å². The van der Waals surface area contributed by atoms with Crippen LogP contribution in [0.3, 0.4) is 0 Å². The molecular formula is C22H20Cl2N2O3Zr. The van der Waals surface area contributed by atoms with E-state index in [0.29, 0.717) is 11.1 Å². The minimum absolute atomic E-state index is 0.0126. The van der Waals surface area contributed by atoms with Crippen molar-refractivity contribution < 1.29 is 30.9 Å². The van der Waals surface area contributed by atoms with Gasteiger partial charge >= 0.3 is 37.9 Å². The first-order chi connectivity index (χ1) is 14.4. The number of hydrogen-bond donors (Lipinski definition) is 1. The Morgan fingerprint density at radius 1 is 1.03 bits per heavy atom. The fourth-order valence-corrected chi connectivity index (χ4v) is 3.39. The number of hydrogen-bond acceptors (Lipinski definition) is 4. The molecular weight excluding hydrogens is 502 g/mol. The quantitative estimate of drug-likeness (QED) is 0.191. The van der Waals surface area contributed by atoms with Gasteiger partial charge in [-0.2, -0.15) is 0 Å². The average molecular weight is 523 g/mol. The zero-order chi connectivity index (χ0) is 22.1. The number of phenolic OH excluding ortho intramolecular Hbond substituents is 1. The predicted octanol–water partition coefficient (Wildman–Crippen LogP) is 6.08. The number of non-ortho nitro benzene ring substituents is 1. The van der Waals surface area contributed by atoms with Crippen molar-refractivity contribution in [3.05, 3.63) is 105 Å². The van der Waals surface area contributed by atoms with Crippen LogP contribution in [0, 0.1) is 10.1 Å². The molecule has 0 radical (unpaired) electrons. The molecule has 1 N–H and O–H groups in total. The van der Waals surface area contributed by atoms with Crippen LogP contribution < -0.4 is 0 Å². The molecule has 0 amide bonds. The summed E-state index contributed by atoms with van der Waals surface area (Å²) in [6.45, 7) is 1.96. The van der Waals surface area contributed by atoms with E-state index in [1.54, 1.807) is 7.05 Å². The van der Waals surface area contributed by atoms with Gasteiger partial charge in [-0.3, -0.25) is 15.1 Å². The number of benzene rings is 3. The third-order valence-corrected chi connectivity index (χ3v) is 4.84. The number of rotatable bonds is 5. The molecule has 0 fully saturated rings. The van der Waals surface area contributed by atoms with Crippen molar-refractivity contribution in [3.8, 4) is 5.75 Å². The van der Waals surface area contributed by atoms with Gasteiger partial charge in [-0.25, -0.2) is 0 Å². The standard InChI is InChI=1S/C22H20N2O3.2ClH.Zr/c1-22(17-9-5-3-6-10-17,18-11-7-4-8-12-18)20-14-19(24(26)27)13-16(15-23-2)21(20)25;;;/h3-15,25H,1-2H3;2*1H;/q;;;+2/p-2. The Morgan fingerprint density at radius 3 is 1.90 bits per heavy atom. The van der Waals surface area contributed by atoms with Crippen LogP contribution in [0.5, 0.6) is 5.75 Å². The molecule has 3 rings (SSSR count). The van der Waals surface area contributed by atoms with Gasteiger partial charge in [-0.05, 0) is 18.1 Å². The molecule has 0 atom stereocenters. The molecule has 0 aliphatic carbocycles. The molecule has 0 saturated carbocycles. The van der Waals surface area contributed by atoms with Gasteiger partial charge < -0.3 is 5.11 Å². The second kappa shape index (κ2) is 11.4. The van der Waals surface area contributed by atoms with Crippen LogP contribution in [0.4, 0.5) is 5.69 Å². The second-order valence-corrected chi connectivity index (χ2v) is 10.2. The minimum atomic E-state index is -0.826. The maximum atomic E-state index is 11.5. The summed E-state index contributed by atoms with van der Waals surface area (Å²) in [5, 5.41) is 22.5. The third kappa shape index (κ3) is 5.37. The molecule has 0 unspecified atom stereocenters. The molecule has 0 aliphatic heterocycles. The van der Waals surface area contributed by atoms with Gasteiger partial charge in [0.1, 0.15) is 5.75 Å². The van der Waals surface area contributed by atoms with Gasteiger partial charge in [-0.1, -0.05) is 60.7 Å². The van der Waals surface area contributed by atoms with Crippen LogP contribution in [0.2, 0.25) is 0 Å². The summed E-state index contributed by atoms with van der Waals surface area (Å²) >= 11 is -0.826. The molecule has 5 nitrogen and oxygen atoms in total. The Bertz CT molecular complexity index is 976.